The van der Waals surface area contributed by atoms with E-state index in [0.29, 0.717) is 5.56 Å². The molecule has 150 valence electrons. The first kappa shape index (κ1) is 21.7. The number of nitrogens with one attached hydrogen (secondary N) is 1. The monoisotopic (exact) mass is 380 g/mol. The average molecular weight is 381 g/mol. The molecule has 1 unspecified atom stereocenters. The third kappa shape index (κ3) is 4.44. The predicted octanol–water partition coefficient (Wildman–Crippen LogP) is 4.84. The number of carbonyl (C=O) groups excluding carboxylic acids is 2. The Morgan fingerprint density at radius 1 is 0.929 bits per heavy atom. The van der Waals surface area contributed by atoms with Crippen molar-refractivity contribution in [1.82, 2.24) is 4.90 Å². The van der Waals surface area contributed by atoms with E-state index in [2.05, 4.69) is 37.4 Å². The second kappa shape index (κ2) is 8.17. The summed E-state index contributed by atoms with van der Waals surface area (Å²) < 4.78 is 0. The quantitative estimate of drug-likeness (QED) is 0.576. The standard InChI is InChI=1S/C24H32N2O2/c1-15-9-11-17(3)20(13-15)22(27)23(28)26(8)24(6,7)19(5)25-21-14-16(2)10-12-18(21)4/h9-14,19,25H,1-8H3. The van der Waals surface area contributed by atoms with Crippen molar-refractivity contribution in [2.45, 2.75) is 60.0 Å². The third-order valence-electron chi connectivity index (χ3n) is 5.83. The molecule has 2 aromatic rings. The van der Waals surface area contributed by atoms with Gasteiger partial charge in [0.2, 0.25) is 0 Å². The number of nitrogens with zero attached hydrogens (tertiary/aromatic N) is 1. The molecule has 0 heterocycles. The van der Waals surface area contributed by atoms with Gasteiger partial charge in [-0.1, -0.05) is 29.8 Å². The predicted molar refractivity (Wildman–Crippen MR) is 116 cm³/mol. The molecule has 0 aliphatic heterocycles. The summed E-state index contributed by atoms with van der Waals surface area (Å²) >= 11 is 0. The molecule has 0 bridgehead atoms. The Bertz CT molecular complexity index is 899. The largest absolute Gasteiger partial charge is 0.380 e. The lowest BCUT2D eigenvalue weighted by atomic mass is 9.92. The first-order chi connectivity index (χ1) is 12.9. The van der Waals surface area contributed by atoms with Crippen molar-refractivity contribution in [3.63, 3.8) is 0 Å². The van der Waals surface area contributed by atoms with Gasteiger partial charge in [-0.15, -0.1) is 0 Å². The molecular formula is C24H32N2O2. The van der Waals surface area contributed by atoms with Crippen LogP contribution in [0.2, 0.25) is 0 Å². The summed E-state index contributed by atoms with van der Waals surface area (Å²) in [6.07, 6.45) is 0. The summed E-state index contributed by atoms with van der Waals surface area (Å²) in [6, 6.07) is 11.8. The van der Waals surface area contributed by atoms with Gasteiger partial charge in [-0.05, 0) is 77.3 Å². The zero-order valence-corrected chi connectivity index (χ0v) is 18.3. The lowest BCUT2D eigenvalue weighted by Gasteiger charge is -2.41. The van der Waals surface area contributed by atoms with E-state index in [1.165, 1.54) is 5.56 Å². The molecule has 0 saturated carbocycles. The number of anilines is 1. The highest BCUT2D eigenvalue weighted by atomic mass is 16.2. The number of carbonyl (C=O) groups is 2. The van der Waals surface area contributed by atoms with Gasteiger partial charge >= 0.3 is 0 Å². The van der Waals surface area contributed by atoms with E-state index >= 15 is 0 Å². The molecule has 2 rings (SSSR count). The van der Waals surface area contributed by atoms with Crippen LogP contribution < -0.4 is 5.32 Å². The van der Waals surface area contributed by atoms with Crippen LogP contribution in [-0.4, -0.2) is 35.2 Å². The highest BCUT2D eigenvalue weighted by Crippen LogP contribution is 2.25. The molecule has 0 aromatic heterocycles. The molecule has 0 fully saturated rings. The van der Waals surface area contributed by atoms with Gasteiger partial charge in [0.25, 0.3) is 11.7 Å². The number of hydrogen-bond acceptors (Lipinski definition) is 3. The molecule has 1 amide bonds. The minimum Gasteiger partial charge on any atom is -0.380 e. The Kier molecular flexibility index (Phi) is 6.33. The van der Waals surface area contributed by atoms with E-state index in [0.717, 1.165) is 22.4 Å². The van der Waals surface area contributed by atoms with Gasteiger partial charge < -0.3 is 10.2 Å². The average Bonchev–Trinajstić information content (AvgIpc) is 2.64. The van der Waals surface area contributed by atoms with Crippen molar-refractivity contribution in [2.75, 3.05) is 12.4 Å². The van der Waals surface area contributed by atoms with Gasteiger partial charge in [0.15, 0.2) is 0 Å². The molecule has 0 radical (unpaired) electrons. The van der Waals surface area contributed by atoms with E-state index in [-0.39, 0.29) is 6.04 Å². The number of rotatable bonds is 6. The van der Waals surface area contributed by atoms with E-state index in [4.69, 9.17) is 0 Å². The van der Waals surface area contributed by atoms with Gasteiger partial charge in [0.05, 0.1) is 5.54 Å². The molecule has 4 nitrogen and oxygen atoms in total. The molecule has 4 heteroatoms. The summed E-state index contributed by atoms with van der Waals surface area (Å²) in [4.78, 5) is 27.4. The topological polar surface area (TPSA) is 49.4 Å². The molecule has 28 heavy (non-hydrogen) atoms. The highest BCUT2D eigenvalue weighted by molar-refractivity contribution is 6.43. The summed E-state index contributed by atoms with van der Waals surface area (Å²) in [5.41, 5.74) is 5.05. The Morgan fingerprint density at radius 2 is 1.46 bits per heavy atom. The maximum absolute atomic E-state index is 13.0. The van der Waals surface area contributed by atoms with E-state index < -0.39 is 17.2 Å². The van der Waals surface area contributed by atoms with Gasteiger partial charge in [0.1, 0.15) is 0 Å². The first-order valence-corrected chi connectivity index (χ1v) is 9.68. The molecular weight excluding hydrogens is 348 g/mol. The van der Waals surface area contributed by atoms with Crippen molar-refractivity contribution in [3.8, 4) is 0 Å². The van der Waals surface area contributed by atoms with Crippen molar-refractivity contribution in [3.05, 3.63) is 64.2 Å². The lowest BCUT2D eigenvalue weighted by molar-refractivity contribution is -0.130. The van der Waals surface area contributed by atoms with Gasteiger partial charge in [0, 0.05) is 24.3 Å². The number of aryl methyl sites for hydroxylation is 4. The van der Waals surface area contributed by atoms with Crippen molar-refractivity contribution in [1.29, 1.82) is 0 Å². The van der Waals surface area contributed by atoms with Crippen LogP contribution in [0.4, 0.5) is 5.69 Å². The fourth-order valence-electron chi connectivity index (χ4n) is 3.10. The molecule has 1 N–H and O–H groups in total. The summed E-state index contributed by atoms with van der Waals surface area (Å²) in [6.45, 7) is 13.9. The molecule has 2 aromatic carbocycles. The fourth-order valence-corrected chi connectivity index (χ4v) is 3.10. The fraction of sp³-hybridized carbons (Fsp3) is 0.417. The number of likely N-dealkylation sites (N-methyl/N-ethyl adjacent to an activating group) is 1. The molecule has 0 aliphatic rings. The maximum atomic E-state index is 13.0. The van der Waals surface area contributed by atoms with Gasteiger partial charge in [-0.25, -0.2) is 0 Å². The van der Waals surface area contributed by atoms with Crippen molar-refractivity contribution >= 4 is 17.4 Å². The summed E-state index contributed by atoms with van der Waals surface area (Å²) in [5.74, 6) is -0.955. The summed E-state index contributed by atoms with van der Waals surface area (Å²) in [5, 5.41) is 3.52. The smallest absolute Gasteiger partial charge is 0.295 e. The molecule has 0 spiro atoms. The molecule has 1 atom stereocenters. The Hall–Kier alpha value is -2.62. The minimum atomic E-state index is -0.569. The third-order valence-corrected chi connectivity index (χ3v) is 5.83. The molecule has 0 saturated heterocycles. The van der Waals surface area contributed by atoms with Crippen LogP contribution in [0.3, 0.4) is 0 Å². The number of Topliss-reactive ketones (excluding diaryl/α,β-unsaturated/α-hetero) is 1. The number of ketones is 1. The van der Waals surface area contributed by atoms with Crippen LogP contribution in [0.15, 0.2) is 36.4 Å². The minimum absolute atomic E-state index is 0.0617. The van der Waals surface area contributed by atoms with Gasteiger partial charge in [-0.2, -0.15) is 0 Å². The highest BCUT2D eigenvalue weighted by Gasteiger charge is 2.36. The number of benzene rings is 2. The van der Waals surface area contributed by atoms with Crippen LogP contribution in [0.1, 0.15) is 53.4 Å². The second-order valence-corrected chi connectivity index (χ2v) is 8.35. The maximum Gasteiger partial charge on any atom is 0.295 e. The Balaban J connectivity index is 2.23. The second-order valence-electron chi connectivity index (χ2n) is 8.35. The Labute approximate surface area is 169 Å². The number of amides is 1. The van der Waals surface area contributed by atoms with E-state index in [1.54, 1.807) is 18.0 Å². The zero-order chi connectivity index (χ0) is 21.2. The zero-order valence-electron chi connectivity index (χ0n) is 18.3. The van der Waals surface area contributed by atoms with Crippen molar-refractivity contribution in [2.24, 2.45) is 0 Å². The normalized spacial score (nSPS) is 12.4. The van der Waals surface area contributed by atoms with Crippen molar-refractivity contribution < 1.29 is 9.59 Å². The van der Waals surface area contributed by atoms with Crippen LogP contribution in [-0.2, 0) is 4.79 Å². The van der Waals surface area contributed by atoms with Crippen LogP contribution >= 0.6 is 0 Å². The Morgan fingerprint density at radius 3 is 2.07 bits per heavy atom. The first-order valence-electron chi connectivity index (χ1n) is 9.68. The summed E-state index contributed by atoms with van der Waals surface area (Å²) in [7, 11) is 1.70. The molecule has 0 aliphatic carbocycles. The van der Waals surface area contributed by atoms with Crippen LogP contribution in [0.5, 0.6) is 0 Å². The van der Waals surface area contributed by atoms with E-state index in [9.17, 15) is 9.59 Å². The van der Waals surface area contributed by atoms with E-state index in [1.807, 2.05) is 46.8 Å². The lowest BCUT2D eigenvalue weighted by Crippen LogP contribution is -2.56. The number of hydrogen-bond donors (Lipinski definition) is 1. The SMILES string of the molecule is Cc1ccc(C)c(NC(C)C(C)(C)N(C)C(=O)C(=O)c2cc(C)ccc2C)c1. The van der Waals surface area contributed by atoms with Gasteiger partial charge in [-0.3, -0.25) is 9.59 Å². The van der Waals surface area contributed by atoms with Crippen LogP contribution in [0.25, 0.3) is 0 Å². The van der Waals surface area contributed by atoms with Crippen LogP contribution in [0, 0.1) is 27.7 Å².